The van der Waals surface area contributed by atoms with Crippen molar-refractivity contribution in [1.82, 2.24) is 15.1 Å². The molecule has 0 amide bonds. The molecule has 19 heavy (non-hydrogen) atoms. The van der Waals surface area contributed by atoms with Gasteiger partial charge in [0.25, 0.3) is 0 Å². The number of rotatable bonds is 5. The third-order valence-electron chi connectivity index (χ3n) is 2.65. The van der Waals surface area contributed by atoms with Crippen LogP contribution in [0.25, 0.3) is 11.5 Å². The molecule has 2 N–H and O–H groups in total. The Morgan fingerprint density at radius 2 is 2.21 bits per heavy atom. The van der Waals surface area contributed by atoms with Gasteiger partial charge in [-0.15, -0.1) is 0 Å². The van der Waals surface area contributed by atoms with E-state index in [1.54, 1.807) is 6.20 Å². The minimum Gasteiger partial charge on any atom is -0.339 e. The Balaban J connectivity index is 2.09. The molecule has 0 aliphatic rings. The van der Waals surface area contributed by atoms with E-state index in [0.29, 0.717) is 29.7 Å². The normalized spacial score (nSPS) is 12.9. The van der Waals surface area contributed by atoms with Crippen molar-refractivity contribution in [2.75, 3.05) is 0 Å². The number of pyridine rings is 1. The van der Waals surface area contributed by atoms with Gasteiger partial charge in [-0.1, -0.05) is 19.0 Å². The fraction of sp³-hybridized carbons (Fsp3) is 0.462. The third kappa shape index (κ3) is 3.84. The van der Waals surface area contributed by atoms with E-state index < -0.39 is 0 Å². The maximum atomic E-state index is 6.03. The molecule has 1 atom stereocenters. The number of aromatic nitrogens is 3. The van der Waals surface area contributed by atoms with Crippen molar-refractivity contribution >= 4 is 15.9 Å². The van der Waals surface area contributed by atoms with Crippen molar-refractivity contribution < 1.29 is 4.52 Å². The van der Waals surface area contributed by atoms with Crippen molar-refractivity contribution in [1.29, 1.82) is 0 Å². The highest BCUT2D eigenvalue weighted by molar-refractivity contribution is 9.10. The van der Waals surface area contributed by atoms with Crippen LogP contribution in [-0.2, 0) is 6.42 Å². The first-order chi connectivity index (χ1) is 9.06. The van der Waals surface area contributed by atoms with Crippen molar-refractivity contribution in [3.63, 3.8) is 0 Å². The minimum atomic E-state index is 0.0421. The molecule has 0 spiro atoms. The molecule has 0 bridgehead atoms. The van der Waals surface area contributed by atoms with Crippen LogP contribution in [0.15, 0.2) is 27.3 Å². The van der Waals surface area contributed by atoms with Gasteiger partial charge in [-0.25, -0.2) is 0 Å². The predicted molar refractivity (Wildman–Crippen MR) is 76.4 cm³/mol. The first-order valence-corrected chi connectivity index (χ1v) is 7.04. The highest BCUT2D eigenvalue weighted by Crippen LogP contribution is 2.23. The average molecular weight is 325 g/mol. The Labute approximate surface area is 120 Å². The van der Waals surface area contributed by atoms with Crippen molar-refractivity contribution in [2.45, 2.75) is 32.7 Å². The van der Waals surface area contributed by atoms with E-state index in [9.17, 15) is 0 Å². The number of nitrogens with two attached hydrogens (primary N) is 1. The molecular weight excluding hydrogens is 308 g/mol. The van der Waals surface area contributed by atoms with Gasteiger partial charge in [0.2, 0.25) is 11.7 Å². The fourth-order valence-electron chi connectivity index (χ4n) is 1.90. The van der Waals surface area contributed by atoms with Crippen LogP contribution >= 0.6 is 15.9 Å². The Bertz CT molecular complexity index is 541. The van der Waals surface area contributed by atoms with E-state index in [0.717, 1.165) is 10.9 Å². The van der Waals surface area contributed by atoms with E-state index in [2.05, 4.69) is 44.9 Å². The van der Waals surface area contributed by atoms with Gasteiger partial charge >= 0.3 is 0 Å². The summed E-state index contributed by atoms with van der Waals surface area (Å²) in [6, 6.07) is 3.77. The molecule has 2 rings (SSSR count). The summed E-state index contributed by atoms with van der Waals surface area (Å²) in [6.45, 7) is 4.29. The molecule has 0 fully saturated rings. The minimum absolute atomic E-state index is 0.0421. The van der Waals surface area contributed by atoms with Crippen LogP contribution in [0.5, 0.6) is 0 Å². The van der Waals surface area contributed by atoms with Gasteiger partial charge in [0, 0.05) is 23.1 Å². The molecule has 2 heterocycles. The Morgan fingerprint density at radius 1 is 1.42 bits per heavy atom. The highest BCUT2D eigenvalue weighted by atomic mass is 79.9. The van der Waals surface area contributed by atoms with E-state index in [1.807, 2.05) is 12.1 Å². The number of hydrogen-bond donors (Lipinski definition) is 1. The zero-order chi connectivity index (χ0) is 13.8. The molecule has 0 radical (unpaired) electrons. The molecule has 0 saturated carbocycles. The van der Waals surface area contributed by atoms with E-state index in [-0.39, 0.29) is 6.04 Å². The highest BCUT2D eigenvalue weighted by Gasteiger charge is 2.15. The van der Waals surface area contributed by atoms with Gasteiger partial charge < -0.3 is 10.3 Å². The first kappa shape index (κ1) is 14.1. The Morgan fingerprint density at radius 3 is 2.89 bits per heavy atom. The van der Waals surface area contributed by atoms with Crippen LogP contribution in [0, 0.1) is 5.92 Å². The standard InChI is InChI=1S/C13H17BrN4O/c1-8(2)6-9(15)7-11-17-13(18-19-11)12-10(14)4-3-5-16-12/h3-5,8-9H,6-7,15H2,1-2H3. The van der Waals surface area contributed by atoms with Crippen LogP contribution in [0.4, 0.5) is 0 Å². The SMILES string of the molecule is CC(C)CC(N)Cc1nc(-c2ncccc2Br)no1. The average Bonchev–Trinajstić information content (AvgIpc) is 2.76. The smallest absolute Gasteiger partial charge is 0.228 e. The van der Waals surface area contributed by atoms with Gasteiger partial charge in [0.05, 0.1) is 0 Å². The molecule has 6 heteroatoms. The molecule has 2 aromatic rings. The van der Waals surface area contributed by atoms with Crippen molar-refractivity contribution in [3.05, 3.63) is 28.7 Å². The summed E-state index contributed by atoms with van der Waals surface area (Å²) in [6.07, 6.45) is 3.22. The monoisotopic (exact) mass is 324 g/mol. The zero-order valence-electron chi connectivity index (χ0n) is 11.0. The van der Waals surface area contributed by atoms with E-state index in [4.69, 9.17) is 10.3 Å². The lowest BCUT2D eigenvalue weighted by Crippen LogP contribution is -2.24. The van der Waals surface area contributed by atoms with Crippen LogP contribution < -0.4 is 5.73 Å². The lowest BCUT2D eigenvalue weighted by Gasteiger charge is -2.10. The summed E-state index contributed by atoms with van der Waals surface area (Å²) in [5.41, 5.74) is 6.71. The third-order valence-corrected chi connectivity index (χ3v) is 3.29. The second-order valence-electron chi connectivity index (χ2n) is 4.94. The van der Waals surface area contributed by atoms with Crippen LogP contribution in [0.2, 0.25) is 0 Å². The fourth-order valence-corrected chi connectivity index (χ4v) is 2.33. The summed E-state index contributed by atoms with van der Waals surface area (Å²) in [4.78, 5) is 8.56. The topological polar surface area (TPSA) is 77.8 Å². The largest absolute Gasteiger partial charge is 0.339 e. The number of hydrogen-bond acceptors (Lipinski definition) is 5. The van der Waals surface area contributed by atoms with Gasteiger partial charge in [0.1, 0.15) is 5.69 Å². The molecule has 0 aliphatic carbocycles. The van der Waals surface area contributed by atoms with Gasteiger partial charge in [-0.2, -0.15) is 4.98 Å². The Hall–Kier alpha value is -1.27. The Kier molecular flexibility index (Phi) is 4.66. The summed E-state index contributed by atoms with van der Waals surface area (Å²) < 4.78 is 6.07. The lowest BCUT2D eigenvalue weighted by atomic mass is 10.0. The van der Waals surface area contributed by atoms with Crippen molar-refractivity contribution in [3.8, 4) is 11.5 Å². The molecule has 1 unspecified atom stereocenters. The predicted octanol–water partition coefficient (Wildman–Crippen LogP) is 2.81. The molecule has 102 valence electrons. The first-order valence-electron chi connectivity index (χ1n) is 6.25. The summed E-state index contributed by atoms with van der Waals surface area (Å²) in [7, 11) is 0. The number of nitrogens with zero attached hydrogens (tertiary/aromatic N) is 3. The van der Waals surface area contributed by atoms with E-state index in [1.165, 1.54) is 0 Å². The van der Waals surface area contributed by atoms with Gasteiger partial charge in [0.15, 0.2) is 0 Å². The van der Waals surface area contributed by atoms with Crippen LogP contribution in [0.3, 0.4) is 0 Å². The molecule has 0 aromatic carbocycles. The molecule has 0 aliphatic heterocycles. The molecule has 5 nitrogen and oxygen atoms in total. The van der Waals surface area contributed by atoms with Crippen LogP contribution in [-0.4, -0.2) is 21.2 Å². The molecule has 0 saturated heterocycles. The zero-order valence-corrected chi connectivity index (χ0v) is 12.6. The van der Waals surface area contributed by atoms with Gasteiger partial charge in [-0.3, -0.25) is 4.98 Å². The lowest BCUT2D eigenvalue weighted by molar-refractivity contribution is 0.359. The second kappa shape index (κ2) is 6.25. The summed E-state index contributed by atoms with van der Waals surface area (Å²) >= 11 is 3.42. The second-order valence-corrected chi connectivity index (χ2v) is 5.79. The molecule has 2 aromatic heterocycles. The summed E-state index contributed by atoms with van der Waals surface area (Å²) in [5, 5.41) is 3.95. The van der Waals surface area contributed by atoms with E-state index >= 15 is 0 Å². The number of halogens is 1. The summed E-state index contributed by atoms with van der Waals surface area (Å²) in [5.74, 6) is 1.60. The molecular formula is C13H17BrN4O. The van der Waals surface area contributed by atoms with Crippen molar-refractivity contribution in [2.24, 2.45) is 11.7 Å². The quantitative estimate of drug-likeness (QED) is 0.914. The maximum absolute atomic E-state index is 6.03. The van der Waals surface area contributed by atoms with Crippen LogP contribution in [0.1, 0.15) is 26.2 Å². The maximum Gasteiger partial charge on any atom is 0.228 e. The van der Waals surface area contributed by atoms with Gasteiger partial charge in [-0.05, 0) is 40.4 Å².